The molecule has 0 radical (unpaired) electrons. The molecule has 0 aliphatic rings. The maximum atomic E-state index is 13.1. The average molecular weight is 269 g/mol. The number of aromatic nitrogens is 1. The molecule has 102 valence electrons. The molecule has 0 saturated heterocycles. The number of halogens is 1. The van der Waals surface area contributed by atoms with E-state index >= 15 is 0 Å². The van der Waals surface area contributed by atoms with Crippen LogP contribution in [0.3, 0.4) is 0 Å². The van der Waals surface area contributed by atoms with Crippen molar-refractivity contribution in [3.63, 3.8) is 0 Å². The van der Waals surface area contributed by atoms with E-state index in [1.54, 1.807) is 6.07 Å². The summed E-state index contributed by atoms with van der Waals surface area (Å²) in [6, 6.07) is 12.9. The van der Waals surface area contributed by atoms with Gasteiger partial charge in [-0.15, -0.1) is 0 Å². The van der Waals surface area contributed by atoms with Gasteiger partial charge in [-0.3, -0.25) is 0 Å². The average Bonchev–Trinajstić information content (AvgIpc) is 2.84. The fourth-order valence-electron chi connectivity index (χ4n) is 2.49. The molecule has 2 aromatic carbocycles. The Kier molecular flexibility index (Phi) is 3.28. The first-order chi connectivity index (χ1) is 9.67. The van der Waals surface area contributed by atoms with Crippen molar-refractivity contribution in [3.05, 3.63) is 71.2 Å². The first-order valence-electron chi connectivity index (χ1n) is 6.61. The molecule has 2 nitrogen and oxygen atoms in total. The summed E-state index contributed by atoms with van der Waals surface area (Å²) in [6.45, 7) is 2.66. The molecule has 3 aromatic rings. The largest absolute Gasteiger partial charge is 0.392 e. The Morgan fingerprint density at radius 2 is 1.95 bits per heavy atom. The highest BCUT2D eigenvalue weighted by atomic mass is 19.1. The van der Waals surface area contributed by atoms with Crippen molar-refractivity contribution < 1.29 is 9.50 Å². The summed E-state index contributed by atoms with van der Waals surface area (Å²) in [4.78, 5) is 0. The van der Waals surface area contributed by atoms with Crippen LogP contribution in [0, 0.1) is 12.7 Å². The van der Waals surface area contributed by atoms with E-state index in [0.717, 1.165) is 27.6 Å². The molecule has 0 spiro atoms. The lowest BCUT2D eigenvalue weighted by Crippen LogP contribution is -2.00. The highest BCUT2D eigenvalue weighted by molar-refractivity contribution is 5.80. The maximum Gasteiger partial charge on any atom is 0.123 e. The van der Waals surface area contributed by atoms with Gasteiger partial charge in [0.15, 0.2) is 0 Å². The number of nitrogens with zero attached hydrogens (tertiary/aromatic N) is 1. The van der Waals surface area contributed by atoms with E-state index in [9.17, 15) is 9.50 Å². The Balaban J connectivity index is 2.01. The van der Waals surface area contributed by atoms with Gasteiger partial charge in [0.05, 0.1) is 6.61 Å². The number of hydrogen-bond acceptors (Lipinski definition) is 1. The summed E-state index contributed by atoms with van der Waals surface area (Å²) in [5, 5.41) is 10.4. The molecule has 3 rings (SSSR count). The Hall–Kier alpha value is -2.13. The number of aliphatic hydroxyl groups is 1. The van der Waals surface area contributed by atoms with Gasteiger partial charge in [-0.1, -0.05) is 18.2 Å². The van der Waals surface area contributed by atoms with Crippen LogP contribution < -0.4 is 0 Å². The second-order valence-corrected chi connectivity index (χ2v) is 5.07. The second kappa shape index (κ2) is 5.10. The van der Waals surface area contributed by atoms with Crippen LogP contribution in [0.1, 0.15) is 16.7 Å². The van der Waals surface area contributed by atoms with Crippen molar-refractivity contribution in [1.29, 1.82) is 0 Å². The molecule has 3 heteroatoms. The smallest absolute Gasteiger partial charge is 0.123 e. The van der Waals surface area contributed by atoms with Crippen molar-refractivity contribution in [1.82, 2.24) is 4.57 Å². The van der Waals surface area contributed by atoms with E-state index in [1.807, 2.05) is 37.4 Å². The molecule has 0 amide bonds. The number of benzene rings is 2. The predicted octanol–water partition coefficient (Wildman–Crippen LogP) is 3.63. The van der Waals surface area contributed by atoms with E-state index in [-0.39, 0.29) is 12.4 Å². The van der Waals surface area contributed by atoms with Crippen molar-refractivity contribution in [3.8, 4) is 0 Å². The number of fused-ring (bicyclic) bond motifs is 1. The molecule has 0 unspecified atom stereocenters. The van der Waals surface area contributed by atoms with Gasteiger partial charge in [-0.25, -0.2) is 4.39 Å². The molecular formula is C17H16FNO. The van der Waals surface area contributed by atoms with Gasteiger partial charge in [-0.05, 0) is 53.3 Å². The van der Waals surface area contributed by atoms with E-state index in [4.69, 9.17) is 0 Å². The molecule has 20 heavy (non-hydrogen) atoms. The first-order valence-corrected chi connectivity index (χ1v) is 6.61. The number of aryl methyl sites for hydroxylation is 1. The molecule has 1 N–H and O–H groups in total. The Morgan fingerprint density at radius 1 is 1.10 bits per heavy atom. The summed E-state index contributed by atoms with van der Waals surface area (Å²) in [5.74, 6) is -0.203. The van der Waals surface area contributed by atoms with Gasteiger partial charge in [0, 0.05) is 18.3 Å². The van der Waals surface area contributed by atoms with Crippen LogP contribution >= 0.6 is 0 Å². The number of hydrogen-bond donors (Lipinski definition) is 1. The fraction of sp³-hybridized carbons (Fsp3) is 0.176. The Bertz CT molecular complexity index is 761. The minimum absolute atomic E-state index is 0.0384. The minimum atomic E-state index is -0.203. The molecule has 0 bridgehead atoms. The van der Waals surface area contributed by atoms with Gasteiger partial charge in [0.1, 0.15) is 5.82 Å². The quantitative estimate of drug-likeness (QED) is 0.771. The highest BCUT2D eigenvalue weighted by Crippen LogP contribution is 2.20. The van der Waals surface area contributed by atoms with Crippen molar-refractivity contribution in [2.45, 2.75) is 20.1 Å². The van der Waals surface area contributed by atoms with E-state index in [1.165, 1.54) is 6.07 Å². The van der Waals surface area contributed by atoms with E-state index in [2.05, 4.69) is 10.6 Å². The topological polar surface area (TPSA) is 25.2 Å². The first kappa shape index (κ1) is 12.9. The van der Waals surface area contributed by atoms with Crippen LogP contribution in [-0.4, -0.2) is 9.67 Å². The Labute approximate surface area is 117 Å². The molecule has 0 fully saturated rings. The third kappa shape index (κ3) is 2.32. The fourth-order valence-corrected chi connectivity index (χ4v) is 2.49. The van der Waals surface area contributed by atoms with Crippen LogP contribution in [-0.2, 0) is 13.2 Å². The highest BCUT2D eigenvalue weighted by Gasteiger charge is 2.05. The number of aliphatic hydroxyl groups excluding tert-OH is 1. The summed E-state index contributed by atoms with van der Waals surface area (Å²) in [7, 11) is 0. The van der Waals surface area contributed by atoms with Gasteiger partial charge in [-0.2, -0.15) is 0 Å². The predicted molar refractivity (Wildman–Crippen MR) is 78.1 cm³/mol. The standard InChI is InChI=1S/C17H16FNO/c1-12-8-16(18)5-4-15(12)10-19-7-6-14-3-2-13(11-20)9-17(14)19/h2-9,20H,10-11H2,1H3. The van der Waals surface area contributed by atoms with Gasteiger partial charge >= 0.3 is 0 Å². The normalized spacial score (nSPS) is 11.2. The summed E-state index contributed by atoms with van der Waals surface area (Å²) in [5.41, 5.74) is 4.03. The molecule has 1 heterocycles. The third-order valence-electron chi connectivity index (χ3n) is 3.67. The monoisotopic (exact) mass is 269 g/mol. The van der Waals surface area contributed by atoms with E-state index < -0.39 is 0 Å². The molecule has 1 aromatic heterocycles. The van der Waals surface area contributed by atoms with Crippen molar-refractivity contribution in [2.24, 2.45) is 0 Å². The lowest BCUT2D eigenvalue weighted by atomic mass is 10.1. The molecule has 0 aliphatic carbocycles. The lowest BCUT2D eigenvalue weighted by Gasteiger charge is -2.09. The minimum Gasteiger partial charge on any atom is -0.392 e. The summed E-state index contributed by atoms with van der Waals surface area (Å²) >= 11 is 0. The van der Waals surface area contributed by atoms with Crippen LogP contribution in [0.15, 0.2) is 48.7 Å². The number of rotatable bonds is 3. The van der Waals surface area contributed by atoms with Crippen LogP contribution in [0.5, 0.6) is 0 Å². The van der Waals surface area contributed by atoms with Crippen LogP contribution in [0.4, 0.5) is 4.39 Å². The zero-order valence-electron chi connectivity index (χ0n) is 11.3. The van der Waals surface area contributed by atoms with Crippen LogP contribution in [0.2, 0.25) is 0 Å². The van der Waals surface area contributed by atoms with Crippen LogP contribution in [0.25, 0.3) is 10.9 Å². The second-order valence-electron chi connectivity index (χ2n) is 5.07. The van der Waals surface area contributed by atoms with E-state index in [0.29, 0.717) is 6.54 Å². The van der Waals surface area contributed by atoms with Gasteiger partial charge in [0.25, 0.3) is 0 Å². The maximum absolute atomic E-state index is 13.1. The Morgan fingerprint density at radius 3 is 2.70 bits per heavy atom. The summed E-state index contributed by atoms with van der Waals surface area (Å²) in [6.07, 6.45) is 2.02. The van der Waals surface area contributed by atoms with Crippen molar-refractivity contribution >= 4 is 10.9 Å². The molecule has 0 atom stereocenters. The van der Waals surface area contributed by atoms with Gasteiger partial charge < -0.3 is 9.67 Å². The van der Waals surface area contributed by atoms with Crippen molar-refractivity contribution in [2.75, 3.05) is 0 Å². The molecule has 0 aliphatic heterocycles. The SMILES string of the molecule is Cc1cc(F)ccc1Cn1ccc2ccc(CO)cc21. The molecular weight excluding hydrogens is 253 g/mol. The summed E-state index contributed by atoms with van der Waals surface area (Å²) < 4.78 is 15.3. The lowest BCUT2D eigenvalue weighted by molar-refractivity contribution is 0.282. The zero-order valence-corrected chi connectivity index (χ0v) is 11.3. The van der Waals surface area contributed by atoms with Gasteiger partial charge in [0.2, 0.25) is 0 Å². The molecule has 0 saturated carbocycles. The third-order valence-corrected chi connectivity index (χ3v) is 3.67. The zero-order chi connectivity index (χ0) is 14.1.